The zero-order chi connectivity index (χ0) is 15.7. The van der Waals surface area contributed by atoms with Gasteiger partial charge in [-0.05, 0) is 19.1 Å². The van der Waals surface area contributed by atoms with E-state index in [4.69, 9.17) is 34.8 Å². The first-order valence-corrected chi connectivity index (χ1v) is 7.20. The molecular weight excluding hydrogens is 337 g/mol. The summed E-state index contributed by atoms with van der Waals surface area (Å²) in [6.45, 7) is 2.25. The molecular formula is C13H12Cl3N3O2. The minimum absolute atomic E-state index is 0.0394. The number of aromatic nitrogens is 2. The van der Waals surface area contributed by atoms with Crippen molar-refractivity contribution >= 4 is 46.4 Å². The van der Waals surface area contributed by atoms with Crippen molar-refractivity contribution in [2.45, 2.75) is 13.5 Å². The van der Waals surface area contributed by atoms with Crippen molar-refractivity contribution in [1.82, 2.24) is 9.13 Å². The molecule has 112 valence electrons. The highest BCUT2D eigenvalue weighted by atomic mass is 35.5. The minimum Gasteiger partial charge on any atom is -0.329 e. The summed E-state index contributed by atoms with van der Waals surface area (Å²) in [5.41, 5.74) is 0.414. The Morgan fingerprint density at radius 1 is 1.24 bits per heavy atom. The van der Waals surface area contributed by atoms with Gasteiger partial charge in [0.25, 0.3) is 11.5 Å². The Labute approximate surface area is 136 Å². The van der Waals surface area contributed by atoms with Crippen LogP contribution >= 0.6 is 34.8 Å². The van der Waals surface area contributed by atoms with Gasteiger partial charge >= 0.3 is 0 Å². The number of nitrogens with zero attached hydrogens (tertiary/aromatic N) is 2. The van der Waals surface area contributed by atoms with Gasteiger partial charge in [-0.3, -0.25) is 9.59 Å². The number of anilines is 1. The molecule has 0 aliphatic rings. The van der Waals surface area contributed by atoms with E-state index in [9.17, 15) is 9.59 Å². The van der Waals surface area contributed by atoms with Crippen LogP contribution in [0.4, 0.5) is 5.69 Å². The highest BCUT2D eigenvalue weighted by Gasteiger charge is 2.16. The van der Waals surface area contributed by atoms with Crippen molar-refractivity contribution in [2.75, 3.05) is 5.32 Å². The summed E-state index contributed by atoms with van der Waals surface area (Å²) in [4.78, 5) is 23.9. The van der Waals surface area contributed by atoms with Crippen molar-refractivity contribution in [3.63, 3.8) is 0 Å². The second-order valence-corrected chi connectivity index (χ2v) is 5.52. The predicted octanol–water partition coefficient (Wildman–Crippen LogP) is 3.42. The standard InChI is InChI=1S/C13H12Cl3N3O2/c1-3-19-6-7(4-9(15)13(19)21)17-12(20)10-5-8(14)11(16)18(10)2/h4-6H,3H2,1-2H3,(H,17,20). The van der Waals surface area contributed by atoms with Crippen molar-refractivity contribution in [3.8, 4) is 0 Å². The van der Waals surface area contributed by atoms with Crippen LogP contribution in [0.15, 0.2) is 23.1 Å². The molecule has 0 aliphatic heterocycles. The van der Waals surface area contributed by atoms with Gasteiger partial charge in [-0.2, -0.15) is 0 Å². The summed E-state index contributed by atoms with van der Waals surface area (Å²) >= 11 is 17.7. The average molecular weight is 349 g/mol. The van der Waals surface area contributed by atoms with Crippen LogP contribution in [0.3, 0.4) is 0 Å². The van der Waals surface area contributed by atoms with E-state index in [0.29, 0.717) is 22.9 Å². The third-order valence-corrected chi connectivity index (χ3v) is 4.10. The highest BCUT2D eigenvalue weighted by molar-refractivity contribution is 6.42. The Morgan fingerprint density at radius 3 is 2.43 bits per heavy atom. The van der Waals surface area contributed by atoms with Gasteiger partial charge in [-0.1, -0.05) is 34.8 Å². The molecule has 1 N–H and O–H groups in total. The van der Waals surface area contributed by atoms with Gasteiger partial charge in [-0.15, -0.1) is 0 Å². The van der Waals surface area contributed by atoms with Crippen molar-refractivity contribution in [1.29, 1.82) is 0 Å². The normalized spacial score (nSPS) is 10.7. The van der Waals surface area contributed by atoms with Gasteiger partial charge in [0, 0.05) is 19.8 Å². The van der Waals surface area contributed by atoms with E-state index in [2.05, 4.69) is 5.32 Å². The van der Waals surface area contributed by atoms with Gasteiger partial charge in [0.2, 0.25) is 0 Å². The summed E-state index contributed by atoms with van der Waals surface area (Å²) in [7, 11) is 1.63. The zero-order valence-corrected chi connectivity index (χ0v) is 13.6. The number of nitrogens with one attached hydrogen (secondary N) is 1. The van der Waals surface area contributed by atoms with Crippen molar-refractivity contribution < 1.29 is 4.79 Å². The number of hydrogen-bond acceptors (Lipinski definition) is 2. The molecule has 0 spiro atoms. The number of carbonyl (C=O) groups is 1. The van der Waals surface area contributed by atoms with Crippen LogP contribution < -0.4 is 10.9 Å². The molecule has 1 amide bonds. The maximum Gasteiger partial charge on any atom is 0.272 e. The number of aryl methyl sites for hydroxylation is 1. The molecule has 0 atom stereocenters. The number of rotatable bonds is 3. The lowest BCUT2D eigenvalue weighted by atomic mass is 10.3. The smallest absolute Gasteiger partial charge is 0.272 e. The first-order chi connectivity index (χ1) is 9.85. The molecule has 0 saturated heterocycles. The highest BCUT2D eigenvalue weighted by Crippen LogP contribution is 2.25. The van der Waals surface area contributed by atoms with Crippen molar-refractivity contribution in [2.24, 2.45) is 7.05 Å². The molecule has 0 unspecified atom stereocenters. The maximum atomic E-state index is 12.2. The summed E-state index contributed by atoms with van der Waals surface area (Å²) in [5.74, 6) is -0.399. The SMILES string of the molecule is CCn1cc(NC(=O)c2cc(Cl)c(Cl)n2C)cc(Cl)c1=O. The molecule has 21 heavy (non-hydrogen) atoms. The number of carbonyl (C=O) groups excluding carboxylic acids is 1. The topological polar surface area (TPSA) is 56.0 Å². The number of halogens is 3. The van der Waals surface area contributed by atoms with Crippen LogP contribution in [0.5, 0.6) is 0 Å². The first-order valence-electron chi connectivity index (χ1n) is 6.07. The molecule has 5 nitrogen and oxygen atoms in total. The van der Waals surface area contributed by atoms with E-state index < -0.39 is 5.91 Å². The monoisotopic (exact) mass is 347 g/mol. The Balaban J connectivity index is 2.34. The largest absolute Gasteiger partial charge is 0.329 e. The predicted molar refractivity (Wildman–Crippen MR) is 84.8 cm³/mol. The number of pyridine rings is 1. The van der Waals surface area contributed by atoms with Crippen LogP contribution in [-0.4, -0.2) is 15.0 Å². The van der Waals surface area contributed by atoms with E-state index in [1.165, 1.54) is 27.5 Å². The van der Waals surface area contributed by atoms with Crippen LogP contribution in [-0.2, 0) is 13.6 Å². The van der Waals surface area contributed by atoms with Gasteiger partial charge in [0.1, 0.15) is 15.9 Å². The van der Waals surface area contributed by atoms with E-state index in [1.807, 2.05) is 0 Å². The number of amides is 1. The fraction of sp³-hybridized carbons (Fsp3) is 0.231. The van der Waals surface area contributed by atoms with Gasteiger partial charge in [0.05, 0.1) is 10.7 Å². The van der Waals surface area contributed by atoms with E-state index in [0.717, 1.165) is 0 Å². The molecule has 0 saturated carbocycles. The fourth-order valence-corrected chi connectivity index (χ4v) is 2.46. The van der Waals surface area contributed by atoms with Crippen LogP contribution in [0.25, 0.3) is 0 Å². The molecule has 2 rings (SSSR count). The lowest BCUT2D eigenvalue weighted by molar-refractivity contribution is 0.101. The summed E-state index contributed by atoms with van der Waals surface area (Å²) in [6.07, 6.45) is 1.53. The van der Waals surface area contributed by atoms with Crippen LogP contribution in [0.1, 0.15) is 17.4 Å². The van der Waals surface area contributed by atoms with Crippen LogP contribution in [0.2, 0.25) is 15.2 Å². The minimum atomic E-state index is -0.399. The third kappa shape index (κ3) is 3.10. The Hall–Kier alpha value is -1.43. The van der Waals surface area contributed by atoms with Gasteiger partial charge < -0.3 is 14.5 Å². The first kappa shape index (κ1) is 15.9. The van der Waals surface area contributed by atoms with E-state index >= 15 is 0 Å². The van der Waals surface area contributed by atoms with E-state index in [1.54, 1.807) is 14.0 Å². The van der Waals surface area contributed by atoms with Gasteiger partial charge in [-0.25, -0.2) is 0 Å². The molecule has 2 aromatic heterocycles. The van der Waals surface area contributed by atoms with Crippen LogP contribution in [0, 0.1) is 0 Å². The second kappa shape index (κ2) is 6.13. The summed E-state index contributed by atoms with van der Waals surface area (Å²) in [5, 5.41) is 3.27. The summed E-state index contributed by atoms with van der Waals surface area (Å²) in [6, 6.07) is 2.87. The molecule has 2 heterocycles. The summed E-state index contributed by atoms with van der Waals surface area (Å²) < 4.78 is 2.87. The molecule has 0 aromatic carbocycles. The molecule has 8 heteroatoms. The van der Waals surface area contributed by atoms with Crippen molar-refractivity contribution in [3.05, 3.63) is 49.6 Å². The lowest BCUT2D eigenvalue weighted by Crippen LogP contribution is -2.22. The lowest BCUT2D eigenvalue weighted by Gasteiger charge is -2.09. The quantitative estimate of drug-likeness (QED) is 0.924. The second-order valence-electron chi connectivity index (χ2n) is 4.35. The Morgan fingerprint density at radius 2 is 1.90 bits per heavy atom. The average Bonchev–Trinajstić information content (AvgIpc) is 2.70. The molecule has 2 aromatic rings. The molecule has 0 radical (unpaired) electrons. The molecule has 0 fully saturated rings. The third-order valence-electron chi connectivity index (χ3n) is 2.99. The Kier molecular flexibility index (Phi) is 4.66. The van der Waals surface area contributed by atoms with Gasteiger partial charge in [0.15, 0.2) is 0 Å². The molecule has 0 bridgehead atoms. The van der Waals surface area contributed by atoms with E-state index in [-0.39, 0.29) is 15.7 Å². The number of hydrogen-bond donors (Lipinski definition) is 1. The zero-order valence-electron chi connectivity index (χ0n) is 11.3. The molecule has 0 aliphatic carbocycles. The fourth-order valence-electron chi connectivity index (χ4n) is 1.86. The Bertz CT molecular complexity index is 765. The maximum absolute atomic E-state index is 12.2.